The summed E-state index contributed by atoms with van der Waals surface area (Å²) < 4.78 is 0. The fraction of sp³-hybridized carbons (Fsp3) is 0.667. The Bertz CT molecular complexity index is 391. The number of anilines is 1. The normalized spacial score (nSPS) is 12.0. The maximum absolute atomic E-state index is 5.80. The second-order valence-electron chi connectivity index (χ2n) is 6.05. The Balaban J connectivity index is 3.27. The minimum atomic E-state index is 0.0519. The number of nitrogens with zero attached hydrogens (tertiary/aromatic N) is 2. The summed E-state index contributed by atoms with van der Waals surface area (Å²) in [7, 11) is 0. The molecule has 0 atom stereocenters. The predicted octanol–water partition coefficient (Wildman–Crippen LogP) is 3.07. The average molecular weight is 249 g/mol. The van der Waals surface area contributed by atoms with Crippen molar-refractivity contribution in [3.05, 3.63) is 23.4 Å². The van der Waals surface area contributed by atoms with Crippen molar-refractivity contribution in [1.82, 2.24) is 4.98 Å². The molecule has 1 rings (SSSR count). The zero-order valence-corrected chi connectivity index (χ0v) is 12.6. The molecule has 0 saturated carbocycles. The van der Waals surface area contributed by atoms with Crippen LogP contribution < -0.4 is 10.6 Å². The van der Waals surface area contributed by atoms with Crippen molar-refractivity contribution >= 4 is 5.82 Å². The second kappa shape index (κ2) is 5.70. The first-order chi connectivity index (χ1) is 8.29. The van der Waals surface area contributed by atoms with E-state index in [2.05, 4.69) is 58.6 Å². The fourth-order valence-electron chi connectivity index (χ4n) is 2.01. The number of hydrogen-bond donors (Lipinski definition) is 1. The van der Waals surface area contributed by atoms with Gasteiger partial charge in [0.15, 0.2) is 0 Å². The van der Waals surface area contributed by atoms with Gasteiger partial charge in [-0.05, 0) is 38.5 Å². The highest BCUT2D eigenvalue weighted by Gasteiger charge is 2.19. The van der Waals surface area contributed by atoms with Crippen molar-refractivity contribution < 1.29 is 0 Å². The minimum Gasteiger partial charge on any atom is -0.354 e. The molecule has 0 bridgehead atoms. The lowest BCUT2D eigenvalue weighted by atomic mass is 9.90. The standard InChI is InChI=1S/C15H27N3/c1-7-18(11(2)3)14-9-12(10-16)8-13(17-14)15(4,5)6/h8-9,11H,7,10,16H2,1-6H3. The molecule has 0 unspecified atom stereocenters. The van der Waals surface area contributed by atoms with E-state index in [0.29, 0.717) is 12.6 Å². The van der Waals surface area contributed by atoms with Gasteiger partial charge in [-0.25, -0.2) is 4.98 Å². The van der Waals surface area contributed by atoms with Crippen LogP contribution in [0.3, 0.4) is 0 Å². The largest absolute Gasteiger partial charge is 0.354 e. The van der Waals surface area contributed by atoms with E-state index in [-0.39, 0.29) is 5.41 Å². The summed E-state index contributed by atoms with van der Waals surface area (Å²) in [6, 6.07) is 4.68. The van der Waals surface area contributed by atoms with Gasteiger partial charge in [-0.2, -0.15) is 0 Å². The molecule has 102 valence electrons. The molecule has 0 aliphatic rings. The van der Waals surface area contributed by atoms with Crippen LogP contribution in [0.5, 0.6) is 0 Å². The first-order valence-corrected chi connectivity index (χ1v) is 6.77. The molecular weight excluding hydrogens is 222 g/mol. The van der Waals surface area contributed by atoms with E-state index in [1.807, 2.05) is 0 Å². The molecule has 0 aliphatic carbocycles. The average Bonchev–Trinajstić information content (AvgIpc) is 2.27. The zero-order chi connectivity index (χ0) is 13.9. The summed E-state index contributed by atoms with van der Waals surface area (Å²) in [6.45, 7) is 14.6. The molecule has 0 saturated heterocycles. The van der Waals surface area contributed by atoms with Gasteiger partial charge >= 0.3 is 0 Å². The minimum absolute atomic E-state index is 0.0519. The number of hydrogen-bond acceptors (Lipinski definition) is 3. The Morgan fingerprint density at radius 2 is 1.89 bits per heavy atom. The summed E-state index contributed by atoms with van der Waals surface area (Å²) in [6.07, 6.45) is 0. The predicted molar refractivity (Wildman–Crippen MR) is 79.0 cm³/mol. The van der Waals surface area contributed by atoms with Gasteiger partial charge in [-0.1, -0.05) is 20.8 Å². The summed E-state index contributed by atoms with van der Waals surface area (Å²) in [4.78, 5) is 7.12. The first-order valence-electron chi connectivity index (χ1n) is 6.77. The number of nitrogens with two attached hydrogens (primary N) is 1. The highest BCUT2D eigenvalue weighted by Crippen LogP contribution is 2.25. The smallest absolute Gasteiger partial charge is 0.129 e. The van der Waals surface area contributed by atoms with Crippen LogP contribution in [-0.4, -0.2) is 17.6 Å². The lowest BCUT2D eigenvalue weighted by Gasteiger charge is -2.29. The monoisotopic (exact) mass is 249 g/mol. The molecule has 0 aliphatic heterocycles. The van der Waals surface area contributed by atoms with Gasteiger partial charge in [0, 0.05) is 30.2 Å². The van der Waals surface area contributed by atoms with E-state index >= 15 is 0 Å². The zero-order valence-electron chi connectivity index (χ0n) is 12.6. The molecule has 1 aromatic rings. The second-order valence-corrected chi connectivity index (χ2v) is 6.05. The van der Waals surface area contributed by atoms with E-state index in [9.17, 15) is 0 Å². The number of aromatic nitrogens is 1. The maximum Gasteiger partial charge on any atom is 0.129 e. The van der Waals surface area contributed by atoms with Crippen molar-refractivity contribution in [2.75, 3.05) is 11.4 Å². The molecule has 0 spiro atoms. The Morgan fingerprint density at radius 1 is 1.28 bits per heavy atom. The van der Waals surface area contributed by atoms with Crippen LogP contribution in [0.2, 0.25) is 0 Å². The molecule has 0 amide bonds. The molecule has 1 aromatic heterocycles. The Labute approximate surface area is 111 Å². The van der Waals surface area contributed by atoms with Crippen LogP contribution in [0.25, 0.3) is 0 Å². The van der Waals surface area contributed by atoms with Crippen LogP contribution in [0.4, 0.5) is 5.82 Å². The first kappa shape index (κ1) is 15.0. The Morgan fingerprint density at radius 3 is 2.28 bits per heavy atom. The molecule has 3 nitrogen and oxygen atoms in total. The van der Waals surface area contributed by atoms with Crippen molar-refractivity contribution in [2.24, 2.45) is 5.73 Å². The summed E-state index contributed by atoms with van der Waals surface area (Å²) in [5.41, 5.74) is 8.12. The lowest BCUT2D eigenvalue weighted by Crippen LogP contribution is -2.32. The van der Waals surface area contributed by atoms with Crippen molar-refractivity contribution in [3.8, 4) is 0 Å². The van der Waals surface area contributed by atoms with Crippen LogP contribution in [0.1, 0.15) is 52.8 Å². The third-order valence-electron chi connectivity index (χ3n) is 3.13. The van der Waals surface area contributed by atoms with Gasteiger partial charge in [0.2, 0.25) is 0 Å². The number of pyridine rings is 1. The molecule has 3 heteroatoms. The highest BCUT2D eigenvalue weighted by atomic mass is 15.2. The van der Waals surface area contributed by atoms with Gasteiger partial charge in [0.1, 0.15) is 5.82 Å². The third kappa shape index (κ3) is 3.45. The van der Waals surface area contributed by atoms with E-state index in [0.717, 1.165) is 23.6 Å². The van der Waals surface area contributed by atoms with Crippen molar-refractivity contribution in [3.63, 3.8) is 0 Å². The molecule has 0 radical (unpaired) electrons. The van der Waals surface area contributed by atoms with E-state index in [1.165, 1.54) is 0 Å². The van der Waals surface area contributed by atoms with Gasteiger partial charge in [-0.15, -0.1) is 0 Å². The highest BCUT2D eigenvalue weighted by molar-refractivity contribution is 5.44. The molecule has 2 N–H and O–H groups in total. The molecule has 0 aromatic carbocycles. The molecule has 0 fully saturated rings. The van der Waals surface area contributed by atoms with Gasteiger partial charge < -0.3 is 10.6 Å². The Kier molecular flexibility index (Phi) is 4.74. The topological polar surface area (TPSA) is 42.1 Å². The van der Waals surface area contributed by atoms with Crippen LogP contribution in [-0.2, 0) is 12.0 Å². The van der Waals surface area contributed by atoms with Gasteiger partial charge in [-0.3, -0.25) is 0 Å². The van der Waals surface area contributed by atoms with Crippen LogP contribution in [0.15, 0.2) is 12.1 Å². The fourth-order valence-corrected chi connectivity index (χ4v) is 2.01. The maximum atomic E-state index is 5.80. The Hall–Kier alpha value is -1.09. The SMILES string of the molecule is CCN(c1cc(CN)cc(C(C)(C)C)n1)C(C)C. The van der Waals surface area contributed by atoms with E-state index in [4.69, 9.17) is 10.7 Å². The van der Waals surface area contributed by atoms with E-state index < -0.39 is 0 Å². The molecule has 1 heterocycles. The van der Waals surface area contributed by atoms with Crippen LogP contribution in [0, 0.1) is 0 Å². The molecule has 18 heavy (non-hydrogen) atoms. The third-order valence-corrected chi connectivity index (χ3v) is 3.13. The molecular formula is C15H27N3. The van der Waals surface area contributed by atoms with Crippen molar-refractivity contribution in [1.29, 1.82) is 0 Å². The quantitative estimate of drug-likeness (QED) is 0.891. The lowest BCUT2D eigenvalue weighted by molar-refractivity contribution is 0.564. The van der Waals surface area contributed by atoms with Gasteiger partial charge in [0.05, 0.1) is 0 Å². The summed E-state index contributed by atoms with van der Waals surface area (Å²) >= 11 is 0. The van der Waals surface area contributed by atoms with Crippen molar-refractivity contribution in [2.45, 2.75) is 59.5 Å². The number of rotatable bonds is 4. The summed E-state index contributed by atoms with van der Waals surface area (Å²) in [5.74, 6) is 1.04. The van der Waals surface area contributed by atoms with E-state index in [1.54, 1.807) is 0 Å². The van der Waals surface area contributed by atoms with Gasteiger partial charge in [0.25, 0.3) is 0 Å². The summed E-state index contributed by atoms with van der Waals surface area (Å²) in [5, 5.41) is 0. The van der Waals surface area contributed by atoms with Crippen LogP contribution >= 0.6 is 0 Å².